The molecule has 2 N–H and O–H groups in total. The molecule has 1 saturated heterocycles. The molecule has 1 aliphatic rings. The molecule has 4 nitrogen and oxygen atoms in total. The summed E-state index contributed by atoms with van der Waals surface area (Å²) in [5.41, 5.74) is 1.35. The quantitative estimate of drug-likeness (QED) is 0.836. The van der Waals surface area contributed by atoms with Crippen LogP contribution in [0.25, 0.3) is 0 Å². The first kappa shape index (κ1) is 13.9. The van der Waals surface area contributed by atoms with Crippen LogP contribution in [0.2, 0.25) is 0 Å². The van der Waals surface area contributed by atoms with E-state index in [1.54, 1.807) is 24.3 Å². The summed E-state index contributed by atoms with van der Waals surface area (Å²) in [6.07, 6.45) is 2.20. The van der Waals surface area contributed by atoms with Gasteiger partial charge in [-0.3, -0.25) is 4.79 Å². The van der Waals surface area contributed by atoms with Gasteiger partial charge in [-0.2, -0.15) is 11.8 Å². The van der Waals surface area contributed by atoms with Gasteiger partial charge in [-0.15, -0.1) is 0 Å². The van der Waals surface area contributed by atoms with E-state index in [2.05, 4.69) is 10.6 Å². The zero-order valence-corrected chi connectivity index (χ0v) is 11.8. The van der Waals surface area contributed by atoms with Gasteiger partial charge in [0, 0.05) is 23.0 Å². The molecule has 1 atom stereocenters. The van der Waals surface area contributed by atoms with Crippen LogP contribution in [0.4, 0.5) is 10.5 Å². The Labute approximate surface area is 117 Å². The van der Waals surface area contributed by atoms with Gasteiger partial charge in [0.15, 0.2) is 5.78 Å². The van der Waals surface area contributed by atoms with Gasteiger partial charge in [-0.05, 0) is 49.8 Å². The second-order valence-electron chi connectivity index (χ2n) is 4.65. The second kappa shape index (κ2) is 6.61. The smallest absolute Gasteiger partial charge is 0.319 e. The summed E-state index contributed by atoms with van der Waals surface area (Å²) in [6.45, 7) is 1.52. The van der Waals surface area contributed by atoms with Crippen molar-refractivity contribution in [1.82, 2.24) is 5.32 Å². The van der Waals surface area contributed by atoms with E-state index in [1.807, 2.05) is 11.8 Å². The van der Waals surface area contributed by atoms with Crippen LogP contribution in [0, 0.1) is 0 Å². The summed E-state index contributed by atoms with van der Waals surface area (Å²) < 4.78 is 0. The van der Waals surface area contributed by atoms with Gasteiger partial charge in [0.1, 0.15) is 0 Å². The number of Topliss-reactive ketones (excluding diaryl/α,β-unsaturated/α-hetero) is 1. The number of hydrogen-bond donors (Lipinski definition) is 2. The highest BCUT2D eigenvalue weighted by atomic mass is 32.2. The van der Waals surface area contributed by atoms with E-state index in [4.69, 9.17) is 0 Å². The number of carbonyl (C=O) groups is 2. The van der Waals surface area contributed by atoms with Crippen molar-refractivity contribution in [2.75, 3.05) is 16.8 Å². The third-order valence-corrected chi connectivity index (χ3v) is 4.26. The number of nitrogens with one attached hydrogen (secondary N) is 2. The minimum atomic E-state index is -0.178. The topological polar surface area (TPSA) is 58.2 Å². The zero-order valence-electron chi connectivity index (χ0n) is 10.9. The highest BCUT2D eigenvalue weighted by Crippen LogP contribution is 2.17. The van der Waals surface area contributed by atoms with Crippen LogP contribution in [0.1, 0.15) is 30.1 Å². The fraction of sp³-hybridized carbons (Fsp3) is 0.429. The van der Waals surface area contributed by atoms with Crippen LogP contribution in [0.15, 0.2) is 24.3 Å². The van der Waals surface area contributed by atoms with E-state index in [-0.39, 0.29) is 17.9 Å². The SMILES string of the molecule is CC(=O)c1ccc(NC(=O)NC2CCCSC2)cc1. The molecule has 1 unspecified atom stereocenters. The number of hydrogen-bond acceptors (Lipinski definition) is 3. The summed E-state index contributed by atoms with van der Waals surface area (Å²) >= 11 is 1.88. The highest BCUT2D eigenvalue weighted by Gasteiger charge is 2.15. The van der Waals surface area contributed by atoms with Crippen molar-refractivity contribution < 1.29 is 9.59 Å². The maximum atomic E-state index is 11.8. The van der Waals surface area contributed by atoms with Gasteiger partial charge in [0.2, 0.25) is 0 Å². The molecule has 1 aromatic carbocycles. The van der Waals surface area contributed by atoms with Crippen LogP contribution < -0.4 is 10.6 Å². The fourth-order valence-electron chi connectivity index (χ4n) is 2.00. The molecule has 2 amide bonds. The number of urea groups is 1. The zero-order chi connectivity index (χ0) is 13.7. The van der Waals surface area contributed by atoms with Gasteiger partial charge >= 0.3 is 6.03 Å². The van der Waals surface area contributed by atoms with Crippen LogP contribution in [0.5, 0.6) is 0 Å². The summed E-state index contributed by atoms with van der Waals surface area (Å²) in [5.74, 6) is 2.19. The molecule has 1 fully saturated rings. The van der Waals surface area contributed by atoms with Gasteiger partial charge in [-0.1, -0.05) is 0 Å². The number of thioether (sulfide) groups is 1. The highest BCUT2D eigenvalue weighted by molar-refractivity contribution is 7.99. The maximum Gasteiger partial charge on any atom is 0.319 e. The number of amides is 2. The third-order valence-electron chi connectivity index (χ3n) is 3.04. The summed E-state index contributed by atoms with van der Waals surface area (Å²) in [6, 6.07) is 7.00. The Morgan fingerprint density at radius 1 is 1.26 bits per heavy atom. The summed E-state index contributed by atoms with van der Waals surface area (Å²) in [5, 5.41) is 5.75. The molecule has 2 rings (SSSR count). The first-order chi connectivity index (χ1) is 9.15. The lowest BCUT2D eigenvalue weighted by molar-refractivity contribution is 0.101. The van der Waals surface area contributed by atoms with Crippen molar-refractivity contribution in [1.29, 1.82) is 0 Å². The minimum Gasteiger partial charge on any atom is -0.334 e. The molecule has 0 saturated carbocycles. The van der Waals surface area contributed by atoms with Crippen LogP contribution >= 0.6 is 11.8 Å². The molecular formula is C14H18N2O2S. The summed E-state index contributed by atoms with van der Waals surface area (Å²) in [4.78, 5) is 22.9. The van der Waals surface area contributed by atoms with Crippen molar-refractivity contribution in [3.05, 3.63) is 29.8 Å². The Morgan fingerprint density at radius 3 is 2.58 bits per heavy atom. The van der Waals surface area contributed by atoms with Gasteiger partial charge < -0.3 is 10.6 Å². The van der Waals surface area contributed by atoms with E-state index in [0.717, 1.165) is 18.6 Å². The largest absolute Gasteiger partial charge is 0.334 e. The lowest BCUT2D eigenvalue weighted by Crippen LogP contribution is -2.40. The van der Waals surface area contributed by atoms with E-state index in [0.29, 0.717) is 11.3 Å². The van der Waals surface area contributed by atoms with Crippen molar-refractivity contribution in [2.24, 2.45) is 0 Å². The molecule has 1 aromatic rings. The normalized spacial score (nSPS) is 18.7. The molecule has 19 heavy (non-hydrogen) atoms. The molecule has 5 heteroatoms. The van der Waals surface area contributed by atoms with E-state index < -0.39 is 0 Å². The molecule has 0 aliphatic carbocycles. The fourth-order valence-corrected chi connectivity index (χ4v) is 3.07. The lowest BCUT2D eigenvalue weighted by atomic mass is 10.1. The molecule has 0 bridgehead atoms. The molecule has 0 spiro atoms. The van der Waals surface area contributed by atoms with Crippen LogP contribution in [0.3, 0.4) is 0 Å². The van der Waals surface area contributed by atoms with Gasteiger partial charge in [0.05, 0.1) is 0 Å². The van der Waals surface area contributed by atoms with Crippen LogP contribution in [-0.4, -0.2) is 29.4 Å². The van der Waals surface area contributed by atoms with Crippen molar-refractivity contribution >= 4 is 29.3 Å². The average Bonchev–Trinajstić information content (AvgIpc) is 2.40. The third kappa shape index (κ3) is 4.28. The minimum absolute atomic E-state index is 0.0234. The van der Waals surface area contributed by atoms with Crippen molar-refractivity contribution in [3.8, 4) is 0 Å². The van der Waals surface area contributed by atoms with Gasteiger partial charge in [-0.25, -0.2) is 4.79 Å². The van der Waals surface area contributed by atoms with E-state index >= 15 is 0 Å². The first-order valence-electron chi connectivity index (χ1n) is 6.41. The Hall–Kier alpha value is -1.49. The Kier molecular flexibility index (Phi) is 4.85. The average molecular weight is 278 g/mol. The second-order valence-corrected chi connectivity index (χ2v) is 5.80. The monoisotopic (exact) mass is 278 g/mol. The standard InChI is InChI=1S/C14H18N2O2S/c1-10(17)11-4-6-12(7-5-11)15-14(18)16-13-3-2-8-19-9-13/h4-7,13H,2-3,8-9H2,1H3,(H2,15,16,18). The molecular weight excluding hydrogens is 260 g/mol. The molecule has 1 aliphatic heterocycles. The first-order valence-corrected chi connectivity index (χ1v) is 7.57. The summed E-state index contributed by atoms with van der Waals surface area (Å²) in [7, 11) is 0. The van der Waals surface area contributed by atoms with Gasteiger partial charge in [0.25, 0.3) is 0 Å². The Morgan fingerprint density at radius 2 is 2.00 bits per heavy atom. The molecule has 0 aromatic heterocycles. The van der Waals surface area contributed by atoms with Crippen LogP contribution in [-0.2, 0) is 0 Å². The number of ketones is 1. The Balaban J connectivity index is 1.85. The number of carbonyl (C=O) groups excluding carboxylic acids is 2. The maximum absolute atomic E-state index is 11.8. The Bertz CT molecular complexity index is 453. The van der Waals surface area contributed by atoms with Crippen molar-refractivity contribution in [2.45, 2.75) is 25.8 Å². The molecule has 1 heterocycles. The van der Waals surface area contributed by atoms with E-state index in [1.165, 1.54) is 12.7 Å². The van der Waals surface area contributed by atoms with Crippen molar-refractivity contribution in [3.63, 3.8) is 0 Å². The number of anilines is 1. The molecule has 102 valence electrons. The predicted octanol–water partition coefficient (Wildman–Crippen LogP) is 2.91. The lowest BCUT2D eigenvalue weighted by Gasteiger charge is -2.22. The predicted molar refractivity (Wildman–Crippen MR) is 78.9 cm³/mol. The molecule has 0 radical (unpaired) electrons. The number of benzene rings is 1. The van der Waals surface area contributed by atoms with E-state index in [9.17, 15) is 9.59 Å². The number of rotatable bonds is 3.